The number of nitrogens with one attached hydrogen (secondary N) is 1. The lowest BCUT2D eigenvalue weighted by Gasteiger charge is -2.06. The highest BCUT2D eigenvalue weighted by molar-refractivity contribution is 5.99. The van der Waals surface area contributed by atoms with Crippen LogP contribution in [0.2, 0.25) is 0 Å². The van der Waals surface area contributed by atoms with Gasteiger partial charge in [-0.3, -0.25) is 4.79 Å². The van der Waals surface area contributed by atoms with Crippen LogP contribution in [0.15, 0.2) is 30.3 Å². The van der Waals surface area contributed by atoms with Crippen LogP contribution in [0, 0.1) is 13.8 Å². The molecule has 0 aliphatic heterocycles. The fraction of sp³-hybridized carbons (Fsp3) is 0.389. The highest BCUT2D eigenvalue weighted by Crippen LogP contribution is 2.14. The summed E-state index contributed by atoms with van der Waals surface area (Å²) in [5.41, 5.74) is 4.18. The van der Waals surface area contributed by atoms with Gasteiger partial charge in [-0.1, -0.05) is 12.1 Å². The number of aromatic nitrogens is 1. The molecule has 0 radical (unpaired) electrons. The Morgan fingerprint density at radius 3 is 2.45 bits per heavy atom. The lowest BCUT2D eigenvalue weighted by atomic mass is 10.1. The van der Waals surface area contributed by atoms with Crippen molar-refractivity contribution in [2.24, 2.45) is 7.05 Å². The lowest BCUT2D eigenvalue weighted by Crippen LogP contribution is -2.25. The number of Topliss-reactive ketones (excluding diaryl/α,β-unsaturated/α-hetero) is 1. The van der Waals surface area contributed by atoms with Crippen molar-refractivity contribution in [3.63, 3.8) is 0 Å². The van der Waals surface area contributed by atoms with Crippen molar-refractivity contribution in [1.82, 2.24) is 9.88 Å². The first-order valence-corrected chi connectivity index (χ1v) is 7.52. The maximum Gasteiger partial charge on any atom is 0.178 e. The second kappa shape index (κ2) is 7.27. The third kappa shape index (κ3) is 3.77. The number of carbonyl (C=O) groups excluding carboxylic acids is 1. The molecule has 0 atom stereocenters. The molecular weight excluding hydrogens is 276 g/mol. The van der Waals surface area contributed by atoms with Gasteiger partial charge in [0.1, 0.15) is 5.75 Å². The summed E-state index contributed by atoms with van der Waals surface area (Å²) >= 11 is 0. The fourth-order valence-electron chi connectivity index (χ4n) is 2.46. The van der Waals surface area contributed by atoms with Gasteiger partial charge in [0, 0.05) is 24.0 Å². The Balaban J connectivity index is 1.80. The number of hydrogen-bond acceptors (Lipinski definition) is 3. The summed E-state index contributed by atoms with van der Waals surface area (Å²) in [6.07, 6.45) is 0.893. The number of ether oxygens (including phenoxy) is 1. The first kappa shape index (κ1) is 16.3. The molecule has 0 bridgehead atoms. The zero-order valence-corrected chi connectivity index (χ0v) is 13.8. The molecule has 1 heterocycles. The molecule has 0 saturated carbocycles. The first-order valence-electron chi connectivity index (χ1n) is 7.52. The minimum atomic E-state index is 0.149. The lowest BCUT2D eigenvalue weighted by molar-refractivity contribution is 0.0990. The Bertz CT molecular complexity index is 642. The zero-order chi connectivity index (χ0) is 16.1. The summed E-state index contributed by atoms with van der Waals surface area (Å²) in [5, 5.41) is 3.23. The summed E-state index contributed by atoms with van der Waals surface area (Å²) in [6, 6.07) is 9.97. The number of methoxy groups -OCH3 is 1. The smallest absolute Gasteiger partial charge is 0.178 e. The quantitative estimate of drug-likeness (QED) is 0.631. The third-order valence-corrected chi connectivity index (χ3v) is 4.11. The van der Waals surface area contributed by atoms with Crippen molar-refractivity contribution < 1.29 is 9.53 Å². The van der Waals surface area contributed by atoms with Gasteiger partial charge in [-0.2, -0.15) is 0 Å². The number of aryl methyl sites for hydroxylation is 1. The van der Waals surface area contributed by atoms with Gasteiger partial charge in [0.2, 0.25) is 0 Å². The summed E-state index contributed by atoms with van der Waals surface area (Å²) in [6.45, 7) is 5.15. The van der Waals surface area contributed by atoms with Crippen molar-refractivity contribution in [3.8, 4) is 5.75 Å². The molecule has 0 amide bonds. The Labute approximate surface area is 132 Å². The largest absolute Gasteiger partial charge is 0.497 e. The molecule has 0 aliphatic rings. The molecule has 4 nitrogen and oxygen atoms in total. The van der Waals surface area contributed by atoms with Gasteiger partial charge in [0.05, 0.1) is 13.7 Å². The molecular formula is C18H24N2O2. The number of hydrogen-bond donors (Lipinski definition) is 1. The maximum atomic E-state index is 12.2. The van der Waals surface area contributed by atoms with Gasteiger partial charge in [0.25, 0.3) is 0 Å². The van der Waals surface area contributed by atoms with E-state index in [1.54, 1.807) is 7.11 Å². The van der Waals surface area contributed by atoms with Crippen molar-refractivity contribution in [1.29, 1.82) is 0 Å². The summed E-state index contributed by atoms with van der Waals surface area (Å²) in [7, 11) is 3.65. The van der Waals surface area contributed by atoms with Crippen molar-refractivity contribution in [3.05, 3.63) is 52.8 Å². The van der Waals surface area contributed by atoms with Crippen LogP contribution in [0.4, 0.5) is 0 Å². The maximum absolute atomic E-state index is 12.2. The average Bonchev–Trinajstić information content (AvgIpc) is 2.79. The number of ketones is 1. The van der Waals surface area contributed by atoms with Crippen LogP contribution in [0.1, 0.15) is 27.3 Å². The highest BCUT2D eigenvalue weighted by atomic mass is 16.5. The minimum absolute atomic E-state index is 0.149. The van der Waals surface area contributed by atoms with E-state index >= 15 is 0 Å². The Hall–Kier alpha value is -2.07. The number of nitrogens with zero attached hydrogens (tertiary/aromatic N) is 1. The Kier molecular flexibility index (Phi) is 5.39. The predicted molar refractivity (Wildman–Crippen MR) is 88.8 cm³/mol. The van der Waals surface area contributed by atoms with E-state index in [1.807, 2.05) is 55.8 Å². The fourth-order valence-corrected chi connectivity index (χ4v) is 2.46. The second-order valence-corrected chi connectivity index (χ2v) is 5.54. The van der Waals surface area contributed by atoms with Crippen LogP contribution in [0.25, 0.3) is 0 Å². The van der Waals surface area contributed by atoms with Gasteiger partial charge in [0.15, 0.2) is 5.78 Å². The minimum Gasteiger partial charge on any atom is -0.497 e. The molecule has 4 heteroatoms. The molecule has 2 rings (SSSR count). The van der Waals surface area contributed by atoms with E-state index in [1.165, 1.54) is 5.56 Å². The SMILES string of the molecule is COc1ccc(CCNCC(=O)c2cc(C)n(C)c2C)cc1. The van der Waals surface area contributed by atoms with Crippen LogP contribution in [-0.4, -0.2) is 30.5 Å². The van der Waals surface area contributed by atoms with Gasteiger partial charge in [-0.25, -0.2) is 0 Å². The van der Waals surface area contributed by atoms with Crippen molar-refractivity contribution >= 4 is 5.78 Å². The van der Waals surface area contributed by atoms with Crippen LogP contribution in [-0.2, 0) is 13.5 Å². The summed E-state index contributed by atoms with van der Waals surface area (Å²) < 4.78 is 7.18. The molecule has 0 unspecified atom stereocenters. The Morgan fingerprint density at radius 2 is 1.91 bits per heavy atom. The highest BCUT2D eigenvalue weighted by Gasteiger charge is 2.13. The topological polar surface area (TPSA) is 43.3 Å². The number of carbonyl (C=O) groups is 1. The van der Waals surface area contributed by atoms with E-state index in [-0.39, 0.29) is 5.78 Å². The molecule has 1 aromatic carbocycles. The molecule has 22 heavy (non-hydrogen) atoms. The van der Waals surface area contributed by atoms with Gasteiger partial charge < -0.3 is 14.6 Å². The first-order chi connectivity index (χ1) is 10.5. The summed E-state index contributed by atoms with van der Waals surface area (Å²) in [4.78, 5) is 12.2. The van der Waals surface area contributed by atoms with E-state index < -0.39 is 0 Å². The monoisotopic (exact) mass is 300 g/mol. The van der Waals surface area contributed by atoms with E-state index in [0.717, 1.165) is 35.7 Å². The molecule has 0 fully saturated rings. The predicted octanol–water partition coefficient (Wildman–Crippen LogP) is 2.67. The molecule has 0 aliphatic carbocycles. The third-order valence-electron chi connectivity index (χ3n) is 4.11. The van der Waals surface area contributed by atoms with Crippen LogP contribution in [0.3, 0.4) is 0 Å². The molecule has 1 N–H and O–H groups in total. The van der Waals surface area contributed by atoms with Crippen LogP contribution >= 0.6 is 0 Å². The zero-order valence-electron chi connectivity index (χ0n) is 13.8. The van der Waals surface area contributed by atoms with E-state index in [4.69, 9.17) is 4.74 Å². The molecule has 1 aromatic heterocycles. The van der Waals surface area contributed by atoms with Gasteiger partial charge >= 0.3 is 0 Å². The molecule has 0 spiro atoms. The number of benzene rings is 1. The van der Waals surface area contributed by atoms with E-state index in [2.05, 4.69) is 5.32 Å². The summed E-state index contributed by atoms with van der Waals surface area (Å²) in [5.74, 6) is 1.01. The van der Waals surface area contributed by atoms with Gasteiger partial charge in [-0.05, 0) is 50.6 Å². The van der Waals surface area contributed by atoms with Crippen LogP contribution < -0.4 is 10.1 Å². The van der Waals surface area contributed by atoms with E-state index in [0.29, 0.717) is 6.54 Å². The number of rotatable bonds is 7. The van der Waals surface area contributed by atoms with Crippen LogP contribution in [0.5, 0.6) is 5.75 Å². The molecule has 0 saturated heterocycles. The second-order valence-electron chi connectivity index (χ2n) is 5.54. The molecule has 2 aromatic rings. The standard InChI is InChI=1S/C18H24N2O2/c1-13-11-17(14(2)20(13)3)18(21)12-19-10-9-15-5-7-16(22-4)8-6-15/h5-8,11,19H,9-10,12H2,1-4H3. The Morgan fingerprint density at radius 1 is 1.23 bits per heavy atom. The van der Waals surface area contributed by atoms with E-state index in [9.17, 15) is 4.79 Å². The van der Waals surface area contributed by atoms with Crippen molar-refractivity contribution in [2.45, 2.75) is 20.3 Å². The average molecular weight is 300 g/mol. The van der Waals surface area contributed by atoms with Gasteiger partial charge in [-0.15, -0.1) is 0 Å². The molecule has 118 valence electrons. The van der Waals surface area contributed by atoms with Crippen molar-refractivity contribution in [2.75, 3.05) is 20.2 Å². The normalized spacial score (nSPS) is 10.7.